The van der Waals surface area contributed by atoms with Crippen LogP contribution in [0.2, 0.25) is 0 Å². The average Bonchev–Trinajstić information content (AvgIpc) is 3.54. The molecule has 2 aliphatic rings. The van der Waals surface area contributed by atoms with Crippen molar-refractivity contribution in [3.8, 4) is 0 Å². The molecule has 2 fully saturated rings. The van der Waals surface area contributed by atoms with Crippen molar-refractivity contribution < 1.29 is 22.8 Å². The molecule has 8 nitrogen and oxygen atoms in total. The molecule has 2 aromatic rings. The van der Waals surface area contributed by atoms with Crippen LogP contribution < -0.4 is 10.8 Å². The monoisotopic (exact) mass is 499 g/mol. The average molecular weight is 500 g/mol. The molecule has 2 amide bonds. The number of likely N-dealkylation sites (N-methyl/N-ethyl adjacent to an activating group) is 1. The van der Waals surface area contributed by atoms with Crippen LogP contribution in [0, 0.1) is 5.92 Å². The van der Waals surface area contributed by atoms with Crippen molar-refractivity contribution in [2.45, 2.75) is 56.6 Å². The maximum absolute atomic E-state index is 12.9. The highest BCUT2D eigenvalue weighted by Crippen LogP contribution is 2.32. The van der Waals surface area contributed by atoms with E-state index in [2.05, 4.69) is 10.8 Å². The fourth-order valence-corrected chi connectivity index (χ4v) is 5.91. The van der Waals surface area contributed by atoms with E-state index in [-0.39, 0.29) is 36.1 Å². The second kappa shape index (κ2) is 10.9. The van der Waals surface area contributed by atoms with Crippen LogP contribution in [-0.4, -0.2) is 56.1 Å². The quantitative estimate of drug-likeness (QED) is 0.520. The lowest BCUT2D eigenvalue weighted by Crippen LogP contribution is -2.40. The summed E-state index contributed by atoms with van der Waals surface area (Å²) in [6, 6.07) is 13.5. The Morgan fingerprint density at radius 1 is 1.09 bits per heavy atom. The number of nitrogens with one attached hydrogen (secondary N) is 2. The van der Waals surface area contributed by atoms with Crippen molar-refractivity contribution in [2.24, 2.45) is 5.92 Å². The zero-order chi connectivity index (χ0) is 25.0. The number of hydrogen-bond donors (Lipinski definition) is 2. The standard InChI is InChI=1S/C26H33N3O5S/c1-3-29(16-23-14-18(2)34-28-23)26(31)21-8-10-22(11-9-21)27-25(30)15-19-6-12-24(13-7-19)35(32,33)17-20-4-5-20/h6-13,18,20,23,28H,3-5,14-17H2,1-2H3,(H,27,30). The van der Waals surface area contributed by atoms with Gasteiger partial charge in [-0.1, -0.05) is 12.1 Å². The van der Waals surface area contributed by atoms with E-state index in [1.54, 1.807) is 53.4 Å². The largest absolute Gasteiger partial charge is 0.337 e. The van der Waals surface area contributed by atoms with Gasteiger partial charge in [0.2, 0.25) is 5.91 Å². The Morgan fingerprint density at radius 3 is 2.34 bits per heavy atom. The number of anilines is 1. The van der Waals surface area contributed by atoms with Crippen LogP contribution in [0.15, 0.2) is 53.4 Å². The van der Waals surface area contributed by atoms with E-state index in [1.807, 2.05) is 13.8 Å². The zero-order valence-electron chi connectivity index (χ0n) is 20.2. The molecule has 9 heteroatoms. The molecule has 4 rings (SSSR count). The number of carbonyl (C=O) groups excluding carboxylic acids is 2. The maximum Gasteiger partial charge on any atom is 0.253 e. The van der Waals surface area contributed by atoms with E-state index >= 15 is 0 Å². The van der Waals surface area contributed by atoms with Gasteiger partial charge in [0.1, 0.15) is 0 Å². The van der Waals surface area contributed by atoms with Crippen LogP contribution in [0.1, 0.15) is 49.0 Å². The lowest BCUT2D eigenvalue weighted by Gasteiger charge is -2.24. The Bertz CT molecular complexity index is 1140. The van der Waals surface area contributed by atoms with Crippen LogP contribution in [0.25, 0.3) is 0 Å². The highest BCUT2D eigenvalue weighted by molar-refractivity contribution is 7.91. The number of carbonyl (C=O) groups is 2. The second-order valence-electron chi connectivity index (χ2n) is 9.49. The van der Waals surface area contributed by atoms with Gasteiger partial charge in [-0.3, -0.25) is 14.4 Å². The van der Waals surface area contributed by atoms with Gasteiger partial charge in [-0.2, -0.15) is 5.48 Å². The number of hydroxylamine groups is 1. The first-order valence-corrected chi connectivity index (χ1v) is 13.8. The van der Waals surface area contributed by atoms with E-state index in [1.165, 1.54) is 0 Å². The van der Waals surface area contributed by atoms with Gasteiger partial charge in [-0.05, 0) is 81.0 Å². The van der Waals surface area contributed by atoms with Gasteiger partial charge < -0.3 is 10.2 Å². The summed E-state index contributed by atoms with van der Waals surface area (Å²) in [5.74, 6) is 0.213. The molecule has 35 heavy (non-hydrogen) atoms. The molecule has 1 aliphatic carbocycles. The summed E-state index contributed by atoms with van der Waals surface area (Å²) < 4.78 is 24.8. The van der Waals surface area contributed by atoms with Gasteiger partial charge in [-0.15, -0.1) is 0 Å². The Balaban J connectivity index is 1.30. The SMILES string of the molecule is CCN(CC1CC(C)ON1)C(=O)c1ccc(NC(=O)Cc2ccc(S(=O)(=O)CC3CC3)cc2)cc1. The molecule has 1 saturated heterocycles. The predicted molar refractivity (Wildman–Crippen MR) is 134 cm³/mol. The highest BCUT2D eigenvalue weighted by atomic mass is 32.2. The van der Waals surface area contributed by atoms with Gasteiger partial charge in [0, 0.05) is 24.3 Å². The number of rotatable bonds is 10. The minimum Gasteiger partial charge on any atom is -0.337 e. The second-order valence-corrected chi connectivity index (χ2v) is 11.5. The third kappa shape index (κ3) is 6.90. The summed E-state index contributed by atoms with van der Waals surface area (Å²) in [4.78, 5) is 32.9. The van der Waals surface area contributed by atoms with Crippen molar-refractivity contribution in [2.75, 3.05) is 24.2 Å². The summed E-state index contributed by atoms with van der Waals surface area (Å²) in [5, 5.41) is 2.83. The minimum absolute atomic E-state index is 0.0662. The van der Waals surface area contributed by atoms with E-state index in [0.29, 0.717) is 35.2 Å². The third-order valence-electron chi connectivity index (χ3n) is 6.38. The first-order valence-electron chi connectivity index (χ1n) is 12.2. The van der Waals surface area contributed by atoms with Crippen molar-refractivity contribution in [3.05, 3.63) is 59.7 Å². The molecule has 0 bridgehead atoms. The molecule has 2 atom stereocenters. The Hall–Kier alpha value is -2.75. The predicted octanol–water partition coefficient (Wildman–Crippen LogP) is 3.20. The normalized spacial score (nSPS) is 19.9. The molecule has 1 saturated carbocycles. The molecule has 2 unspecified atom stereocenters. The van der Waals surface area contributed by atoms with E-state index in [4.69, 9.17) is 4.84 Å². The molecule has 2 aromatic carbocycles. The zero-order valence-corrected chi connectivity index (χ0v) is 21.0. The summed E-state index contributed by atoms with van der Waals surface area (Å²) in [6.45, 7) is 5.10. The summed E-state index contributed by atoms with van der Waals surface area (Å²) >= 11 is 0. The van der Waals surface area contributed by atoms with Gasteiger partial charge in [-0.25, -0.2) is 8.42 Å². The first kappa shape index (κ1) is 25.3. The van der Waals surface area contributed by atoms with Crippen molar-refractivity contribution in [3.63, 3.8) is 0 Å². The number of nitrogens with zero attached hydrogens (tertiary/aromatic N) is 1. The van der Waals surface area contributed by atoms with Crippen LogP contribution in [0.5, 0.6) is 0 Å². The smallest absolute Gasteiger partial charge is 0.253 e. The van der Waals surface area contributed by atoms with Crippen molar-refractivity contribution >= 4 is 27.3 Å². The van der Waals surface area contributed by atoms with Crippen LogP contribution in [0.4, 0.5) is 5.69 Å². The Morgan fingerprint density at radius 2 is 1.77 bits per heavy atom. The molecule has 2 N–H and O–H groups in total. The summed E-state index contributed by atoms with van der Waals surface area (Å²) in [5.41, 5.74) is 4.86. The topological polar surface area (TPSA) is 105 Å². The molecular weight excluding hydrogens is 466 g/mol. The van der Waals surface area contributed by atoms with Crippen molar-refractivity contribution in [1.82, 2.24) is 10.4 Å². The van der Waals surface area contributed by atoms with Crippen LogP contribution in [0.3, 0.4) is 0 Å². The van der Waals surface area contributed by atoms with Gasteiger partial charge in [0.25, 0.3) is 5.91 Å². The number of amides is 2. The van der Waals surface area contributed by atoms with Crippen LogP contribution in [-0.2, 0) is 25.9 Å². The lowest BCUT2D eigenvalue weighted by atomic mass is 10.1. The molecule has 1 heterocycles. The highest BCUT2D eigenvalue weighted by Gasteiger charge is 2.29. The number of hydrogen-bond acceptors (Lipinski definition) is 6. The molecule has 0 aromatic heterocycles. The summed E-state index contributed by atoms with van der Waals surface area (Å²) in [7, 11) is -3.26. The third-order valence-corrected chi connectivity index (χ3v) is 8.28. The molecule has 0 radical (unpaired) electrons. The van der Waals surface area contributed by atoms with Gasteiger partial charge in [0.05, 0.1) is 29.2 Å². The molecule has 1 aliphatic heterocycles. The van der Waals surface area contributed by atoms with Crippen LogP contribution >= 0.6 is 0 Å². The van der Waals surface area contributed by atoms with Gasteiger partial charge >= 0.3 is 0 Å². The summed E-state index contributed by atoms with van der Waals surface area (Å²) in [6.07, 6.45) is 3.08. The number of benzene rings is 2. The van der Waals surface area contributed by atoms with E-state index < -0.39 is 9.84 Å². The number of sulfone groups is 1. The fourth-order valence-electron chi connectivity index (χ4n) is 4.22. The lowest BCUT2D eigenvalue weighted by molar-refractivity contribution is -0.115. The fraction of sp³-hybridized carbons (Fsp3) is 0.462. The maximum atomic E-state index is 12.9. The Kier molecular flexibility index (Phi) is 7.88. The minimum atomic E-state index is -3.26. The van der Waals surface area contributed by atoms with Crippen molar-refractivity contribution in [1.29, 1.82) is 0 Å². The van der Waals surface area contributed by atoms with Gasteiger partial charge in [0.15, 0.2) is 9.84 Å². The molecular formula is C26H33N3O5S. The van der Waals surface area contributed by atoms with E-state index in [0.717, 1.165) is 24.8 Å². The Labute approximate surface area is 206 Å². The first-order chi connectivity index (χ1) is 16.7. The molecule has 0 spiro atoms. The van der Waals surface area contributed by atoms with E-state index in [9.17, 15) is 18.0 Å². The molecule has 188 valence electrons.